The van der Waals surface area contributed by atoms with Crippen LogP contribution in [0.25, 0.3) is 0 Å². The Kier molecular flexibility index (Phi) is 3.89. The van der Waals surface area contributed by atoms with Crippen molar-refractivity contribution in [3.05, 3.63) is 34.9 Å². The highest BCUT2D eigenvalue weighted by molar-refractivity contribution is 6.30. The lowest BCUT2D eigenvalue weighted by Gasteiger charge is -2.24. The summed E-state index contributed by atoms with van der Waals surface area (Å²) in [6.45, 7) is 0. The Hall–Kier alpha value is -1.02. The first kappa shape index (κ1) is 14.6. The Bertz CT molecular complexity index is 551. The average Bonchev–Trinajstić information content (AvgIpc) is 3.14. The molecule has 3 saturated carbocycles. The highest BCUT2D eigenvalue weighted by Gasteiger charge is 2.41. The predicted octanol–water partition coefficient (Wildman–Crippen LogP) is 4.73. The summed E-state index contributed by atoms with van der Waals surface area (Å²) < 4.78 is 0. The van der Waals surface area contributed by atoms with E-state index >= 15 is 0 Å². The molecule has 3 fully saturated rings. The van der Waals surface area contributed by atoms with E-state index in [1.807, 2.05) is 12.1 Å². The number of amides is 1. The van der Waals surface area contributed by atoms with Crippen LogP contribution in [0.2, 0.25) is 5.02 Å². The van der Waals surface area contributed by atoms with Gasteiger partial charge in [0.1, 0.15) is 0 Å². The molecule has 4 unspecified atom stereocenters. The standard InChI is InChI=1S/C19H24ClNO/c20-17-7-5-14(6-8-17)19(13-3-4-13)21-18(22)11-16-10-12-1-2-15(16)9-12/h5-8,12-13,15-16,19H,1-4,9-11H2,(H,21,22). The second-order valence-corrected chi connectivity index (χ2v) is 8.01. The molecule has 3 aliphatic carbocycles. The summed E-state index contributed by atoms with van der Waals surface area (Å²) >= 11 is 5.98. The van der Waals surface area contributed by atoms with Gasteiger partial charge in [-0.1, -0.05) is 30.2 Å². The number of fused-ring (bicyclic) bond motifs is 2. The fourth-order valence-corrected chi connectivity index (χ4v) is 4.80. The van der Waals surface area contributed by atoms with Gasteiger partial charge in [0.15, 0.2) is 0 Å². The number of rotatable bonds is 5. The van der Waals surface area contributed by atoms with Crippen LogP contribution in [0.5, 0.6) is 0 Å². The van der Waals surface area contributed by atoms with Gasteiger partial charge >= 0.3 is 0 Å². The number of nitrogens with one attached hydrogen (secondary N) is 1. The van der Waals surface area contributed by atoms with Crippen LogP contribution in [0.1, 0.15) is 56.6 Å². The van der Waals surface area contributed by atoms with E-state index in [4.69, 9.17) is 11.6 Å². The maximum atomic E-state index is 12.5. The third-order valence-electron chi connectivity index (χ3n) is 5.97. The van der Waals surface area contributed by atoms with Crippen LogP contribution >= 0.6 is 11.6 Å². The molecule has 0 radical (unpaired) electrons. The van der Waals surface area contributed by atoms with E-state index in [2.05, 4.69) is 17.4 Å². The van der Waals surface area contributed by atoms with Gasteiger partial charge in [0.05, 0.1) is 6.04 Å². The summed E-state index contributed by atoms with van der Waals surface area (Å²) in [5.74, 6) is 3.25. The number of halogens is 1. The molecular weight excluding hydrogens is 294 g/mol. The highest BCUT2D eigenvalue weighted by atomic mass is 35.5. The third kappa shape index (κ3) is 3.03. The molecule has 4 rings (SSSR count). The van der Waals surface area contributed by atoms with Crippen LogP contribution in [0.3, 0.4) is 0 Å². The first-order valence-corrected chi connectivity index (χ1v) is 9.11. The van der Waals surface area contributed by atoms with Gasteiger partial charge in [-0.3, -0.25) is 4.79 Å². The Labute approximate surface area is 137 Å². The Morgan fingerprint density at radius 2 is 1.91 bits per heavy atom. The lowest BCUT2D eigenvalue weighted by atomic mass is 9.86. The number of carbonyl (C=O) groups excluding carboxylic acids is 1. The van der Waals surface area contributed by atoms with Crippen LogP contribution in [0.4, 0.5) is 0 Å². The Balaban J connectivity index is 1.39. The smallest absolute Gasteiger partial charge is 0.220 e. The van der Waals surface area contributed by atoms with E-state index in [0.717, 1.165) is 23.3 Å². The summed E-state index contributed by atoms with van der Waals surface area (Å²) in [5, 5.41) is 4.08. The second kappa shape index (κ2) is 5.88. The first-order chi connectivity index (χ1) is 10.7. The minimum Gasteiger partial charge on any atom is -0.349 e. The average molecular weight is 318 g/mol. The topological polar surface area (TPSA) is 29.1 Å². The SMILES string of the molecule is O=C(CC1CC2CCC1C2)NC(c1ccc(Cl)cc1)C1CC1. The zero-order valence-electron chi connectivity index (χ0n) is 12.9. The van der Waals surface area contributed by atoms with Crippen LogP contribution in [0, 0.1) is 23.7 Å². The highest BCUT2D eigenvalue weighted by Crippen LogP contribution is 2.49. The minimum atomic E-state index is 0.184. The van der Waals surface area contributed by atoms with Crippen LogP contribution in [-0.4, -0.2) is 5.91 Å². The van der Waals surface area contributed by atoms with Gasteiger partial charge in [-0.25, -0.2) is 0 Å². The van der Waals surface area contributed by atoms with E-state index < -0.39 is 0 Å². The van der Waals surface area contributed by atoms with Crippen molar-refractivity contribution in [1.29, 1.82) is 0 Å². The molecule has 0 saturated heterocycles. The molecule has 0 aromatic heterocycles. The summed E-state index contributed by atoms with van der Waals surface area (Å²) in [6.07, 6.45) is 8.60. The van der Waals surface area contributed by atoms with Crippen molar-refractivity contribution in [2.45, 2.75) is 51.0 Å². The predicted molar refractivity (Wildman–Crippen MR) is 88.6 cm³/mol. The molecule has 0 spiro atoms. The molecule has 1 amide bonds. The van der Waals surface area contributed by atoms with Gasteiger partial charge in [-0.05, 0) is 73.5 Å². The molecule has 118 valence electrons. The summed E-state index contributed by atoms with van der Waals surface area (Å²) in [6, 6.07) is 8.15. The van der Waals surface area contributed by atoms with Crippen LogP contribution in [-0.2, 0) is 4.79 Å². The van der Waals surface area contributed by atoms with Gasteiger partial charge < -0.3 is 5.32 Å². The monoisotopic (exact) mass is 317 g/mol. The Morgan fingerprint density at radius 1 is 1.14 bits per heavy atom. The van der Waals surface area contributed by atoms with Gasteiger partial charge in [-0.15, -0.1) is 0 Å². The molecule has 1 aromatic carbocycles. The summed E-state index contributed by atoms with van der Waals surface area (Å²) in [4.78, 5) is 12.5. The Morgan fingerprint density at radius 3 is 2.50 bits per heavy atom. The van der Waals surface area contributed by atoms with E-state index in [1.165, 1.54) is 44.1 Å². The lowest BCUT2D eigenvalue weighted by Crippen LogP contribution is -2.32. The molecule has 1 N–H and O–H groups in total. The van der Waals surface area contributed by atoms with E-state index in [1.54, 1.807) is 0 Å². The second-order valence-electron chi connectivity index (χ2n) is 7.57. The van der Waals surface area contributed by atoms with Crippen molar-refractivity contribution in [3.8, 4) is 0 Å². The molecule has 22 heavy (non-hydrogen) atoms. The minimum absolute atomic E-state index is 0.184. The van der Waals surface area contributed by atoms with E-state index in [-0.39, 0.29) is 11.9 Å². The fraction of sp³-hybridized carbons (Fsp3) is 0.632. The van der Waals surface area contributed by atoms with Gasteiger partial charge in [0.25, 0.3) is 0 Å². The van der Waals surface area contributed by atoms with Crippen molar-refractivity contribution < 1.29 is 4.79 Å². The van der Waals surface area contributed by atoms with Crippen molar-refractivity contribution >= 4 is 17.5 Å². The quantitative estimate of drug-likeness (QED) is 0.835. The summed E-state index contributed by atoms with van der Waals surface area (Å²) in [7, 11) is 0. The van der Waals surface area contributed by atoms with E-state index in [9.17, 15) is 4.79 Å². The van der Waals surface area contributed by atoms with Gasteiger partial charge in [0.2, 0.25) is 5.91 Å². The van der Waals surface area contributed by atoms with Gasteiger partial charge in [-0.2, -0.15) is 0 Å². The zero-order valence-corrected chi connectivity index (χ0v) is 13.7. The van der Waals surface area contributed by atoms with Crippen LogP contribution < -0.4 is 5.32 Å². The third-order valence-corrected chi connectivity index (χ3v) is 6.22. The van der Waals surface area contributed by atoms with Crippen molar-refractivity contribution in [3.63, 3.8) is 0 Å². The largest absolute Gasteiger partial charge is 0.349 e. The molecule has 0 heterocycles. The normalized spacial score (nSPS) is 31.2. The summed E-state index contributed by atoms with van der Waals surface area (Å²) in [5.41, 5.74) is 1.20. The van der Waals surface area contributed by atoms with Crippen molar-refractivity contribution in [2.24, 2.45) is 23.7 Å². The number of hydrogen-bond donors (Lipinski definition) is 1. The molecule has 4 atom stereocenters. The molecule has 3 aliphatic rings. The number of benzene rings is 1. The van der Waals surface area contributed by atoms with Gasteiger partial charge in [0, 0.05) is 11.4 Å². The molecule has 0 aliphatic heterocycles. The first-order valence-electron chi connectivity index (χ1n) is 8.74. The molecule has 3 heteroatoms. The fourth-order valence-electron chi connectivity index (χ4n) is 4.67. The van der Waals surface area contributed by atoms with Crippen molar-refractivity contribution in [2.75, 3.05) is 0 Å². The van der Waals surface area contributed by atoms with E-state index in [0.29, 0.717) is 11.8 Å². The molecule has 1 aromatic rings. The molecule has 2 nitrogen and oxygen atoms in total. The molecular formula is C19H24ClNO. The van der Waals surface area contributed by atoms with Crippen LogP contribution in [0.15, 0.2) is 24.3 Å². The van der Waals surface area contributed by atoms with Crippen molar-refractivity contribution in [1.82, 2.24) is 5.32 Å². The number of carbonyl (C=O) groups is 1. The maximum Gasteiger partial charge on any atom is 0.220 e. The lowest BCUT2D eigenvalue weighted by molar-refractivity contribution is -0.123. The number of hydrogen-bond acceptors (Lipinski definition) is 1. The molecule has 2 bridgehead atoms. The zero-order chi connectivity index (χ0) is 15.1. The maximum absolute atomic E-state index is 12.5.